The van der Waals surface area contributed by atoms with Crippen molar-refractivity contribution >= 4 is 17.6 Å². The summed E-state index contributed by atoms with van der Waals surface area (Å²) in [5.74, 6) is -2.22. The Hall–Kier alpha value is -1.84. The fourth-order valence-corrected chi connectivity index (χ4v) is 2.31. The summed E-state index contributed by atoms with van der Waals surface area (Å²) in [7, 11) is 0. The Kier molecular flexibility index (Phi) is 3.35. The van der Waals surface area contributed by atoms with Gasteiger partial charge in [0.15, 0.2) is 0 Å². The van der Waals surface area contributed by atoms with Gasteiger partial charge < -0.3 is 10.0 Å². The van der Waals surface area contributed by atoms with Crippen molar-refractivity contribution < 1.29 is 14.7 Å². The molecule has 1 atom stereocenters. The molecule has 1 aromatic rings. The number of benzene rings is 1. The van der Waals surface area contributed by atoms with Gasteiger partial charge in [-0.2, -0.15) is 0 Å². The van der Waals surface area contributed by atoms with Gasteiger partial charge in [0.2, 0.25) is 5.91 Å². The van der Waals surface area contributed by atoms with Crippen molar-refractivity contribution in [3.63, 3.8) is 0 Å². The van der Waals surface area contributed by atoms with E-state index in [1.54, 1.807) is 4.90 Å². The van der Waals surface area contributed by atoms with Crippen LogP contribution in [0.15, 0.2) is 24.3 Å². The zero-order chi connectivity index (χ0) is 14.2. The number of hydrogen-bond acceptors (Lipinski definition) is 2. The number of carbonyl (C=O) groups is 2. The lowest BCUT2D eigenvalue weighted by atomic mass is 9.87. The van der Waals surface area contributed by atoms with E-state index in [1.165, 1.54) is 5.56 Å². The molecule has 1 aliphatic rings. The van der Waals surface area contributed by atoms with E-state index in [0.717, 1.165) is 5.69 Å². The second kappa shape index (κ2) is 4.68. The fraction of sp³-hybridized carbons (Fsp3) is 0.467. The summed E-state index contributed by atoms with van der Waals surface area (Å²) >= 11 is 0. The van der Waals surface area contributed by atoms with Gasteiger partial charge in [-0.1, -0.05) is 32.9 Å². The summed E-state index contributed by atoms with van der Waals surface area (Å²) in [6.07, 6.45) is 0.384. The SMILES string of the molecule is CC(C)(C)c1ccc(N2CCC(C(=O)O)C2=O)cc1. The van der Waals surface area contributed by atoms with Crippen LogP contribution >= 0.6 is 0 Å². The minimum absolute atomic E-state index is 0.0666. The molecule has 0 bridgehead atoms. The van der Waals surface area contributed by atoms with E-state index in [4.69, 9.17) is 5.11 Å². The highest BCUT2D eigenvalue weighted by atomic mass is 16.4. The highest BCUT2D eigenvalue weighted by molar-refractivity contribution is 6.07. The predicted octanol–water partition coefficient (Wildman–Crippen LogP) is 2.42. The number of carboxylic acid groups (broad SMARTS) is 1. The summed E-state index contributed by atoms with van der Waals surface area (Å²) in [5.41, 5.74) is 2.04. The molecular weight excluding hydrogens is 242 g/mol. The minimum Gasteiger partial charge on any atom is -0.481 e. The standard InChI is InChI=1S/C15H19NO3/c1-15(2,3)10-4-6-11(7-5-10)16-9-8-12(13(16)17)14(18)19/h4-7,12H,8-9H2,1-3H3,(H,18,19). The van der Waals surface area contributed by atoms with Gasteiger partial charge in [-0.25, -0.2) is 0 Å². The summed E-state index contributed by atoms with van der Waals surface area (Å²) in [5, 5.41) is 8.95. The molecule has 1 aromatic carbocycles. The lowest BCUT2D eigenvalue weighted by Crippen LogP contribution is -2.30. The molecule has 0 aliphatic carbocycles. The Labute approximate surface area is 113 Å². The Morgan fingerprint density at radius 1 is 1.26 bits per heavy atom. The molecule has 1 N–H and O–H groups in total. The number of carboxylic acids is 1. The highest BCUT2D eigenvalue weighted by Crippen LogP contribution is 2.28. The van der Waals surface area contributed by atoms with Crippen LogP contribution in [0.2, 0.25) is 0 Å². The average molecular weight is 261 g/mol. The first-order valence-electron chi connectivity index (χ1n) is 6.45. The zero-order valence-corrected chi connectivity index (χ0v) is 11.5. The Bertz CT molecular complexity index is 499. The van der Waals surface area contributed by atoms with Gasteiger partial charge >= 0.3 is 5.97 Å². The van der Waals surface area contributed by atoms with Crippen molar-refractivity contribution in [2.45, 2.75) is 32.6 Å². The Morgan fingerprint density at radius 2 is 1.84 bits per heavy atom. The molecule has 1 amide bonds. The highest BCUT2D eigenvalue weighted by Gasteiger charge is 2.37. The van der Waals surface area contributed by atoms with Gasteiger partial charge in [0.1, 0.15) is 5.92 Å². The van der Waals surface area contributed by atoms with E-state index in [2.05, 4.69) is 20.8 Å². The van der Waals surface area contributed by atoms with E-state index in [1.807, 2.05) is 24.3 Å². The van der Waals surface area contributed by atoms with Crippen LogP contribution < -0.4 is 4.90 Å². The number of rotatable bonds is 2. The third kappa shape index (κ3) is 2.62. The smallest absolute Gasteiger partial charge is 0.316 e. The number of amides is 1. The molecule has 4 nitrogen and oxygen atoms in total. The third-order valence-corrected chi connectivity index (χ3v) is 3.55. The first-order valence-corrected chi connectivity index (χ1v) is 6.45. The van der Waals surface area contributed by atoms with Crippen molar-refractivity contribution in [1.82, 2.24) is 0 Å². The normalized spacial score (nSPS) is 19.8. The second-order valence-electron chi connectivity index (χ2n) is 5.97. The molecule has 1 unspecified atom stereocenters. The van der Waals surface area contributed by atoms with E-state index >= 15 is 0 Å². The summed E-state index contributed by atoms with van der Waals surface area (Å²) in [6, 6.07) is 7.78. The molecule has 1 heterocycles. The van der Waals surface area contributed by atoms with Crippen LogP contribution in [0.25, 0.3) is 0 Å². The third-order valence-electron chi connectivity index (χ3n) is 3.55. The van der Waals surface area contributed by atoms with E-state index < -0.39 is 11.9 Å². The molecule has 1 saturated heterocycles. The fourth-order valence-electron chi connectivity index (χ4n) is 2.31. The number of nitrogens with zero attached hydrogens (tertiary/aromatic N) is 1. The number of anilines is 1. The van der Waals surface area contributed by atoms with Gasteiger partial charge in [-0.3, -0.25) is 9.59 Å². The summed E-state index contributed by atoms with van der Waals surface area (Å²) in [6.45, 7) is 6.86. The van der Waals surface area contributed by atoms with Crippen molar-refractivity contribution in [2.24, 2.45) is 5.92 Å². The zero-order valence-electron chi connectivity index (χ0n) is 11.5. The predicted molar refractivity (Wildman–Crippen MR) is 73.2 cm³/mol. The van der Waals surface area contributed by atoms with Gasteiger partial charge in [0, 0.05) is 12.2 Å². The maximum atomic E-state index is 12.0. The number of hydrogen-bond donors (Lipinski definition) is 1. The van der Waals surface area contributed by atoms with Gasteiger partial charge in [-0.05, 0) is 29.5 Å². The molecule has 4 heteroatoms. The second-order valence-corrected chi connectivity index (χ2v) is 5.97. The molecule has 0 aromatic heterocycles. The Morgan fingerprint density at radius 3 is 2.26 bits per heavy atom. The van der Waals surface area contributed by atoms with E-state index in [-0.39, 0.29) is 11.3 Å². The minimum atomic E-state index is -1.03. The average Bonchev–Trinajstić information content (AvgIpc) is 2.70. The van der Waals surface area contributed by atoms with Crippen LogP contribution in [0.5, 0.6) is 0 Å². The van der Waals surface area contributed by atoms with Crippen molar-refractivity contribution in [1.29, 1.82) is 0 Å². The van der Waals surface area contributed by atoms with Gasteiger partial charge in [-0.15, -0.1) is 0 Å². The monoisotopic (exact) mass is 261 g/mol. The van der Waals surface area contributed by atoms with Crippen LogP contribution in [0.3, 0.4) is 0 Å². The lowest BCUT2D eigenvalue weighted by Gasteiger charge is -2.21. The van der Waals surface area contributed by atoms with Crippen LogP contribution in [-0.4, -0.2) is 23.5 Å². The first-order chi connectivity index (χ1) is 8.80. The van der Waals surface area contributed by atoms with Crippen LogP contribution in [0.4, 0.5) is 5.69 Å². The lowest BCUT2D eigenvalue weighted by molar-refractivity contribution is -0.144. The maximum Gasteiger partial charge on any atom is 0.316 e. The van der Waals surface area contributed by atoms with Gasteiger partial charge in [0.25, 0.3) is 0 Å². The molecule has 0 spiro atoms. The number of carbonyl (C=O) groups excluding carboxylic acids is 1. The van der Waals surface area contributed by atoms with Crippen molar-refractivity contribution in [3.8, 4) is 0 Å². The molecular formula is C15H19NO3. The van der Waals surface area contributed by atoms with E-state index in [0.29, 0.717) is 13.0 Å². The molecule has 1 aliphatic heterocycles. The summed E-state index contributed by atoms with van der Waals surface area (Å²) in [4.78, 5) is 24.5. The van der Waals surface area contributed by atoms with Gasteiger partial charge in [0.05, 0.1) is 0 Å². The van der Waals surface area contributed by atoms with Crippen LogP contribution in [0.1, 0.15) is 32.8 Å². The van der Waals surface area contributed by atoms with Crippen molar-refractivity contribution in [2.75, 3.05) is 11.4 Å². The quantitative estimate of drug-likeness (QED) is 0.832. The van der Waals surface area contributed by atoms with E-state index in [9.17, 15) is 9.59 Å². The first kappa shape index (κ1) is 13.6. The molecule has 2 rings (SSSR count). The topological polar surface area (TPSA) is 57.6 Å². The van der Waals surface area contributed by atoms with Crippen LogP contribution in [0, 0.1) is 5.92 Å². The van der Waals surface area contributed by atoms with Crippen LogP contribution in [-0.2, 0) is 15.0 Å². The maximum absolute atomic E-state index is 12.0. The molecule has 102 valence electrons. The Balaban J connectivity index is 2.20. The molecule has 0 radical (unpaired) electrons. The van der Waals surface area contributed by atoms with Crippen molar-refractivity contribution in [3.05, 3.63) is 29.8 Å². The number of aliphatic carboxylic acids is 1. The molecule has 0 saturated carbocycles. The molecule has 19 heavy (non-hydrogen) atoms. The largest absolute Gasteiger partial charge is 0.481 e. The molecule has 1 fully saturated rings. The summed E-state index contributed by atoms with van der Waals surface area (Å²) < 4.78 is 0.